The van der Waals surface area contributed by atoms with Crippen LogP contribution in [0.1, 0.15) is 36.0 Å². The number of aromatic nitrogens is 2. The third kappa shape index (κ3) is 3.18. The van der Waals surface area contributed by atoms with Crippen LogP contribution in [0.25, 0.3) is 0 Å². The van der Waals surface area contributed by atoms with Crippen LogP contribution in [-0.4, -0.2) is 45.3 Å². The standard InChI is InChI=1S/C18H24N4O3/c1-12-13(7-10-25-12)11-21(3)18(24)14-5-6-15(23)22(4)16(14)17-19-8-9-20(17)2/h7-10,14,16H,5-6,11H2,1-4H3/t14-,16-/m0/s1. The number of hydrogen-bond acceptors (Lipinski definition) is 4. The lowest BCUT2D eigenvalue weighted by atomic mass is 9.87. The highest BCUT2D eigenvalue weighted by molar-refractivity contribution is 5.84. The SMILES string of the molecule is Cc1occc1CN(C)C(=O)[C@H]1CCC(=O)N(C)[C@@H]1c1nccn1C. The first kappa shape index (κ1) is 17.3. The van der Waals surface area contributed by atoms with Gasteiger partial charge in [-0.05, 0) is 19.4 Å². The van der Waals surface area contributed by atoms with Gasteiger partial charge in [0.2, 0.25) is 11.8 Å². The number of aryl methyl sites for hydroxylation is 2. The highest BCUT2D eigenvalue weighted by Crippen LogP contribution is 2.36. The van der Waals surface area contributed by atoms with Crippen molar-refractivity contribution in [3.05, 3.63) is 41.9 Å². The number of hydrogen-bond donors (Lipinski definition) is 0. The molecule has 2 aromatic rings. The molecule has 0 unspecified atom stereocenters. The Morgan fingerprint density at radius 2 is 2.20 bits per heavy atom. The fourth-order valence-corrected chi connectivity index (χ4v) is 3.50. The van der Waals surface area contributed by atoms with Crippen molar-refractivity contribution in [1.29, 1.82) is 0 Å². The third-order valence-electron chi connectivity index (χ3n) is 5.05. The van der Waals surface area contributed by atoms with E-state index in [-0.39, 0.29) is 23.8 Å². The maximum Gasteiger partial charge on any atom is 0.228 e. The zero-order valence-electron chi connectivity index (χ0n) is 15.1. The average Bonchev–Trinajstić information content (AvgIpc) is 3.18. The Labute approximate surface area is 147 Å². The van der Waals surface area contributed by atoms with Crippen LogP contribution in [0.15, 0.2) is 29.1 Å². The molecule has 25 heavy (non-hydrogen) atoms. The van der Waals surface area contributed by atoms with Gasteiger partial charge in [0.1, 0.15) is 17.6 Å². The summed E-state index contributed by atoms with van der Waals surface area (Å²) >= 11 is 0. The van der Waals surface area contributed by atoms with Crippen LogP contribution in [0.2, 0.25) is 0 Å². The molecule has 1 saturated heterocycles. The normalized spacial score (nSPS) is 20.8. The van der Waals surface area contributed by atoms with Crippen molar-refractivity contribution >= 4 is 11.8 Å². The molecule has 0 aromatic carbocycles. The van der Waals surface area contributed by atoms with Crippen molar-refractivity contribution in [1.82, 2.24) is 19.4 Å². The summed E-state index contributed by atoms with van der Waals surface area (Å²) in [7, 11) is 5.43. The number of imidazole rings is 1. The van der Waals surface area contributed by atoms with Crippen molar-refractivity contribution in [3.8, 4) is 0 Å². The lowest BCUT2D eigenvalue weighted by Gasteiger charge is -2.39. The molecule has 2 atom stereocenters. The molecule has 1 aliphatic rings. The molecule has 2 aromatic heterocycles. The summed E-state index contributed by atoms with van der Waals surface area (Å²) in [5.41, 5.74) is 0.990. The summed E-state index contributed by atoms with van der Waals surface area (Å²) in [6.45, 7) is 2.38. The molecule has 0 spiro atoms. The molecule has 3 heterocycles. The van der Waals surface area contributed by atoms with Crippen molar-refractivity contribution in [3.63, 3.8) is 0 Å². The summed E-state index contributed by atoms with van der Waals surface area (Å²) < 4.78 is 7.19. The van der Waals surface area contributed by atoms with Gasteiger partial charge in [-0.1, -0.05) is 0 Å². The van der Waals surface area contributed by atoms with Gasteiger partial charge in [0, 0.05) is 52.1 Å². The second kappa shape index (κ2) is 6.74. The van der Waals surface area contributed by atoms with Crippen LogP contribution in [-0.2, 0) is 23.2 Å². The topological polar surface area (TPSA) is 71.6 Å². The molecule has 134 valence electrons. The first-order chi connectivity index (χ1) is 11.9. The van der Waals surface area contributed by atoms with Gasteiger partial charge in [-0.3, -0.25) is 9.59 Å². The quantitative estimate of drug-likeness (QED) is 0.849. The van der Waals surface area contributed by atoms with Gasteiger partial charge in [0.05, 0.1) is 12.2 Å². The van der Waals surface area contributed by atoms with E-state index in [1.54, 1.807) is 36.4 Å². The van der Waals surface area contributed by atoms with E-state index < -0.39 is 0 Å². The number of furan rings is 1. The predicted octanol–water partition coefficient (Wildman–Crippen LogP) is 1.89. The molecule has 0 N–H and O–H groups in total. The molecular formula is C18H24N4O3. The van der Waals surface area contributed by atoms with E-state index in [1.165, 1.54) is 0 Å². The Morgan fingerprint density at radius 1 is 1.44 bits per heavy atom. The molecule has 0 radical (unpaired) electrons. The van der Waals surface area contributed by atoms with Crippen LogP contribution in [0.5, 0.6) is 0 Å². The second-order valence-electron chi connectivity index (χ2n) is 6.69. The van der Waals surface area contributed by atoms with Crippen molar-refractivity contribution < 1.29 is 14.0 Å². The Morgan fingerprint density at radius 3 is 2.80 bits per heavy atom. The molecular weight excluding hydrogens is 320 g/mol. The number of likely N-dealkylation sites (tertiary alicyclic amines) is 1. The van der Waals surface area contributed by atoms with E-state index in [1.807, 2.05) is 30.8 Å². The van der Waals surface area contributed by atoms with Gasteiger partial charge in [0.15, 0.2) is 0 Å². The Hall–Kier alpha value is -2.57. The predicted molar refractivity (Wildman–Crippen MR) is 91.4 cm³/mol. The van der Waals surface area contributed by atoms with Crippen LogP contribution in [0.3, 0.4) is 0 Å². The molecule has 0 bridgehead atoms. The van der Waals surface area contributed by atoms with Crippen LogP contribution < -0.4 is 0 Å². The molecule has 7 nitrogen and oxygen atoms in total. The molecule has 2 amide bonds. The zero-order valence-corrected chi connectivity index (χ0v) is 15.1. The van der Waals surface area contributed by atoms with E-state index in [2.05, 4.69) is 4.98 Å². The number of piperidine rings is 1. The monoisotopic (exact) mass is 344 g/mol. The van der Waals surface area contributed by atoms with Gasteiger partial charge in [0.25, 0.3) is 0 Å². The van der Waals surface area contributed by atoms with E-state index in [9.17, 15) is 9.59 Å². The fraction of sp³-hybridized carbons (Fsp3) is 0.500. The fourth-order valence-electron chi connectivity index (χ4n) is 3.50. The van der Waals surface area contributed by atoms with Crippen molar-refractivity contribution in [2.75, 3.05) is 14.1 Å². The van der Waals surface area contributed by atoms with Gasteiger partial charge in [-0.2, -0.15) is 0 Å². The summed E-state index contributed by atoms with van der Waals surface area (Å²) in [4.78, 5) is 33.1. The minimum absolute atomic E-state index is 0.0213. The molecule has 1 fully saturated rings. The van der Waals surface area contributed by atoms with Gasteiger partial charge in [-0.15, -0.1) is 0 Å². The number of carbonyl (C=O) groups excluding carboxylic acids is 2. The van der Waals surface area contributed by atoms with Crippen molar-refractivity contribution in [2.24, 2.45) is 13.0 Å². The lowest BCUT2D eigenvalue weighted by molar-refractivity contribution is -0.146. The Bertz CT molecular complexity index is 779. The Kier molecular flexibility index (Phi) is 4.65. The first-order valence-corrected chi connectivity index (χ1v) is 8.41. The van der Waals surface area contributed by atoms with Crippen LogP contribution in [0, 0.1) is 12.8 Å². The smallest absolute Gasteiger partial charge is 0.228 e. The molecule has 0 saturated carbocycles. The number of rotatable bonds is 4. The maximum atomic E-state index is 13.1. The Balaban J connectivity index is 1.85. The minimum atomic E-state index is -0.346. The van der Waals surface area contributed by atoms with E-state index >= 15 is 0 Å². The first-order valence-electron chi connectivity index (χ1n) is 8.41. The average molecular weight is 344 g/mol. The zero-order chi connectivity index (χ0) is 18.1. The second-order valence-corrected chi connectivity index (χ2v) is 6.69. The number of nitrogens with zero attached hydrogens (tertiary/aromatic N) is 4. The third-order valence-corrected chi connectivity index (χ3v) is 5.05. The maximum absolute atomic E-state index is 13.1. The lowest BCUT2D eigenvalue weighted by Crippen LogP contribution is -2.47. The molecule has 7 heteroatoms. The number of amides is 2. The van der Waals surface area contributed by atoms with E-state index in [0.29, 0.717) is 19.4 Å². The minimum Gasteiger partial charge on any atom is -0.469 e. The van der Waals surface area contributed by atoms with Gasteiger partial charge < -0.3 is 18.8 Å². The molecule has 1 aliphatic heterocycles. The van der Waals surface area contributed by atoms with E-state index in [0.717, 1.165) is 17.1 Å². The van der Waals surface area contributed by atoms with Gasteiger partial charge >= 0.3 is 0 Å². The summed E-state index contributed by atoms with van der Waals surface area (Å²) in [5.74, 6) is 1.32. The summed E-state index contributed by atoms with van der Waals surface area (Å²) in [5, 5.41) is 0. The van der Waals surface area contributed by atoms with E-state index in [4.69, 9.17) is 4.42 Å². The van der Waals surface area contributed by atoms with Gasteiger partial charge in [-0.25, -0.2) is 4.98 Å². The largest absolute Gasteiger partial charge is 0.469 e. The molecule has 0 aliphatic carbocycles. The number of carbonyl (C=O) groups is 2. The van der Waals surface area contributed by atoms with Crippen molar-refractivity contribution in [2.45, 2.75) is 32.4 Å². The molecule has 3 rings (SSSR count). The van der Waals surface area contributed by atoms with Crippen LogP contribution >= 0.6 is 0 Å². The highest BCUT2D eigenvalue weighted by atomic mass is 16.3. The summed E-state index contributed by atoms with van der Waals surface area (Å²) in [6.07, 6.45) is 6.08. The van der Waals surface area contributed by atoms with Crippen LogP contribution in [0.4, 0.5) is 0 Å². The summed E-state index contributed by atoms with van der Waals surface area (Å²) in [6, 6.07) is 1.54. The highest BCUT2D eigenvalue weighted by Gasteiger charge is 2.41.